The number of hydrogen-bond acceptors (Lipinski definition) is 3. The third-order valence-corrected chi connectivity index (χ3v) is 4.36. The Labute approximate surface area is 166 Å². The summed E-state index contributed by atoms with van der Waals surface area (Å²) < 4.78 is 5.60. The third-order valence-electron chi connectivity index (χ3n) is 4.15. The lowest BCUT2D eigenvalue weighted by Gasteiger charge is -2.16. The highest BCUT2D eigenvalue weighted by Gasteiger charge is 2.09. The molecule has 1 amide bonds. The molecule has 0 radical (unpaired) electrons. The summed E-state index contributed by atoms with van der Waals surface area (Å²) in [5.74, 6) is 0.497. The first-order chi connectivity index (χ1) is 13.0. The Morgan fingerprint density at radius 1 is 1.07 bits per heavy atom. The fourth-order valence-electron chi connectivity index (χ4n) is 2.57. The second-order valence-electron chi connectivity index (χ2n) is 6.22. The van der Waals surface area contributed by atoms with Crippen LogP contribution in [-0.2, 0) is 6.42 Å². The topological polar surface area (TPSA) is 62.4 Å². The maximum absolute atomic E-state index is 12.3. The number of carbonyl (C=O) groups excluding carboxylic acids is 1. The van der Waals surface area contributed by atoms with Crippen molar-refractivity contribution in [3.63, 3.8) is 0 Å². The van der Waals surface area contributed by atoms with Crippen molar-refractivity contribution in [1.82, 2.24) is 10.9 Å². The van der Waals surface area contributed by atoms with Crippen LogP contribution in [0.1, 0.15) is 48.2 Å². The van der Waals surface area contributed by atoms with Crippen LogP contribution in [0.15, 0.2) is 42.5 Å². The van der Waals surface area contributed by atoms with Crippen molar-refractivity contribution in [1.29, 1.82) is 0 Å². The molecule has 0 aliphatic carbocycles. The van der Waals surface area contributed by atoms with Gasteiger partial charge in [-0.05, 0) is 67.4 Å². The summed E-state index contributed by atoms with van der Waals surface area (Å²) in [6, 6.07) is 13.1. The van der Waals surface area contributed by atoms with Crippen LogP contribution >= 0.6 is 12.2 Å². The molecular formula is C21H27N3O2S. The SMILES string of the molecule is CCCCOc1ccc(C(=O)NNC(=S)Nc2c(C)cccc2CC)cc1. The van der Waals surface area contributed by atoms with Gasteiger partial charge in [0, 0.05) is 11.3 Å². The summed E-state index contributed by atoms with van der Waals surface area (Å²) in [5, 5.41) is 3.50. The van der Waals surface area contributed by atoms with Crippen molar-refractivity contribution >= 4 is 28.9 Å². The number of carbonyl (C=O) groups is 1. The Kier molecular flexibility index (Phi) is 8.07. The number of ether oxygens (including phenoxy) is 1. The maximum Gasteiger partial charge on any atom is 0.269 e. The van der Waals surface area contributed by atoms with E-state index in [4.69, 9.17) is 17.0 Å². The van der Waals surface area contributed by atoms with E-state index in [1.54, 1.807) is 24.3 Å². The molecule has 0 atom stereocenters. The van der Waals surface area contributed by atoms with Crippen LogP contribution in [0.4, 0.5) is 5.69 Å². The minimum absolute atomic E-state index is 0.264. The molecule has 0 saturated carbocycles. The molecule has 0 aliphatic heterocycles. The zero-order valence-corrected chi connectivity index (χ0v) is 16.9. The molecule has 0 unspecified atom stereocenters. The fourth-order valence-corrected chi connectivity index (χ4v) is 2.72. The predicted molar refractivity (Wildman–Crippen MR) is 114 cm³/mol. The van der Waals surface area contributed by atoms with Crippen LogP contribution in [-0.4, -0.2) is 17.6 Å². The first-order valence-electron chi connectivity index (χ1n) is 9.23. The highest BCUT2D eigenvalue weighted by Crippen LogP contribution is 2.20. The summed E-state index contributed by atoms with van der Waals surface area (Å²) in [6.45, 7) is 6.91. The first-order valence-corrected chi connectivity index (χ1v) is 9.64. The van der Waals surface area contributed by atoms with Gasteiger partial charge in [-0.3, -0.25) is 15.6 Å². The standard InChI is InChI=1S/C21H27N3O2S/c1-4-6-14-26-18-12-10-17(11-13-18)20(25)23-24-21(27)22-19-15(3)8-7-9-16(19)5-2/h7-13H,4-6,14H2,1-3H3,(H,23,25)(H2,22,24,27). The number of nitrogens with one attached hydrogen (secondary N) is 3. The Balaban J connectivity index is 1.87. The molecule has 6 heteroatoms. The molecule has 0 heterocycles. The summed E-state index contributed by atoms with van der Waals surface area (Å²) in [7, 11) is 0. The zero-order chi connectivity index (χ0) is 19.6. The first kappa shape index (κ1) is 20.7. The average molecular weight is 386 g/mol. The zero-order valence-electron chi connectivity index (χ0n) is 16.1. The normalized spacial score (nSPS) is 10.2. The summed E-state index contributed by atoms with van der Waals surface area (Å²) >= 11 is 5.29. The summed E-state index contributed by atoms with van der Waals surface area (Å²) in [4.78, 5) is 12.3. The number of hydrogen-bond donors (Lipinski definition) is 3. The smallest absolute Gasteiger partial charge is 0.269 e. The van der Waals surface area contributed by atoms with E-state index in [1.165, 1.54) is 5.56 Å². The van der Waals surface area contributed by atoms with Crippen LogP contribution in [0.5, 0.6) is 5.75 Å². The van der Waals surface area contributed by atoms with Gasteiger partial charge >= 0.3 is 0 Å². The van der Waals surface area contributed by atoms with Crippen molar-refractivity contribution < 1.29 is 9.53 Å². The molecule has 3 N–H and O–H groups in total. The van der Waals surface area contributed by atoms with E-state index in [9.17, 15) is 4.79 Å². The van der Waals surface area contributed by atoms with Gasteiger partial charge in [0.05, 0.1) is 6.61 Å². The number of para-hydroxylation sites is 1. The van der Waals surface area contributed by atoms with E-state index in [0.29, 0.717) is 17.3 Å². The molecule has 2 rings (SSSR count). The minimum Gasteiger partial charge on any atom is -0.494 e. The lowest BCUT2D eigenvalue weighted by atomic mass is 10.1. The van der Waals surface area contributed by atoms with Crippen LogP contribution in [0.2, 0.25) is 0 Å². The molecule has 0 aromatic heterocycles. The van der Waals surface area contributed by atoms with E-state index >= 15 is 0 Å². The molecule has 0 spiro atoms. The molecule has 0 saturated heterocycles. The van der Waals surface area contributed by atoms with Gasteiger partial charge in [0.15, 0.2) is 5.11 Å². The number of aryl methyl sites for hydroxylation is 2. The molecular weight excluding hydrogens is 358 g/mol. The monoisotopic (exact) mass is 385 g/mol. The maximum atomic E-state index is 12.3. The van der Waals surface area contributed by atoms with Gasteiger partial charge in [0.2, 0.25) is 0 Å². The molecule has 0 bridgehead atoms. The molecule has 5 nitrogen and oxygen atoms in total. The highest BCUT2D eigenvalue weighted by atomic mass is 32.1. The Bertz CT molecular complexity index is 775. The third kappa shape index (κ3) is 6.25. The summed E-state index contributed by atoms with van der Waals surface area (Å²) in [5.41, 5.74) is 9.14. The molecule has 2 aromatic rings. The summed E-state index contributed by atoms with van der Waals surface area (Å²) in [6.07, 6.45) is 2.99. The number of rotatable bonds is 7. The second kappa shape index (κ2) is 10.5. The van der Waals surface area contributed by atoms with Crippen molar-refractivity contribution in [2.24, 2.45) is 0 Å². The molecule has 144 valence electrons. The highest BCUT2D eigenvalue weighted by molar-refractivity contribution is 7.80. The number of unbranched alkanes of at least 4 members (excludes halogenated alkanes) is 1. The number of benzene rings is 2. The van der Waals surface area contributed by atoms with E-state index in [1.807, 2.05) is 19.1 Å². The predicted octanol–water partition coefficient (Wildman–Crippen LogP) is 4.37. The van der Waals surface area contributed by atoms with E-state index in [2.05, 4.69) is 36.1 Å². The number of hydrazine groups is 1. The Morgan fingerprint density at radius 3 is 2.48 bits per heavy atom. The Morgan fingerprint density at radius 2 is 1.81 bits per heavy atom. The minimum atomic E-state index is -0.264. The molecule has 2 aromatic carbocycles. The van der Waals surface area contributed by atoms with E-state index in [0.717, 1.165) is 36.3 Å². The lowest BCUT2D eigenvalue weighted by molar-refractivity contribution is 0.0944. The van der Waals surface area contributed by atoms with Crippen molar-refractivity contribution in [2.75, 3.05) is 11.9 Å². The van der Waals surface area contributed by atoms with Crippen LogP contribution in [0.3, 0.4) is 0 Å². The largest absolute Gasteiger partial charge is 0.494 e. The fraction of sp³-hybridized carbons (Fsp3) is 0.333. The van der Waals surface area contributed by atoms with Gasteiger partial charge in [0.1, 0.15) is 5.75 Å². The van der Waals surface area contributed by atoms with E-state index in [-0.39, 0.29) is 5.91 Å². The van der Waals surface area contributed by atoms with Crippen molar-refractivity contribution in [3.05, 3.63) is 59.2 Å². The van der Waals surface area contributed by atoms with Gasteiger partial charge in [-0.1, -0.05) is 38.5 Å². The van der Waals surface area contributed by atoms with Gasteiger partial charge in [-0.25, -0.2) is 0 Å². The number of anilines is 1. The quantitative estimate of drug-likeness (QED) is 0.375. The molecule has 27 heavy (non-hydrogen) atoms. The number of thiocarbonyl (C=S) groups is 1. The van der Waals surface area contributed by atoms with Crippen molar-refractivity contribution in [2.45, 2.75) is 40.0 Å². The molecule has 0 aliphatic rings. The van der Waals surface area contributed by atoms with Crippen LogP contribution < -0.4 is 20.9 Å². The van der Waals surface area contributed by atoms with Gasteiger partial charge in [-0.2, -0.15) is 0 Å². The number of amides is 1. The average Bonchev–Trinajstić information content (AvgIpc) is 2.68. The van der Waals surface area contributed by atoms with Gasteiger partial charge in [0.25, 0.3) is 5.91 Å². The van der Waals surface area contributed by atoms with Crippen molar-refractivity contribution in [3.8, 4) is 5.75 Å². The van der Waals surface area contributed by atoms with Crippen LogP contribution in [0, 0.1) is 6.92 Å². The van der Waals surface area contributed by atoms with E-state index < -0.39 is 0 Å². The van der Waals surface area contributed by atoms with Crippen LogP contribution in [0.25, 0.3) is 0 Å². The van der Waals surface area contributed by atoms with Gasteiger partial charge < -0.3 is 10.1 Å². The second-order valence-corrected chi connectivity index (χ2v) is 6.63. The molecule has 0 fully saturated rings. The lowest BCUT2D eigenvalue weighted by Crippen LogP contribution is -2.43. The van der Waals surface area contributed by atoms with Gasteiger partial charge in [-0.15, -0.1) is 0 Å². The Hall–Kier alpha value is -2.60.